The summed E-state index contributed by atoms with van der Waals surface area (Å²) in [4.78, 5) is 32.8. The lowest BCUT2D eigenvalue weighted by molar-refractivity contribution is -0.135. The second-order valence-corrected chi connectivity index (χ2v) is 6.55. The van der Waals surface area contributed by atoms with Gasteiger partial charge in [0, 0.05) is 24.0 Å². The van der Waals surface area contributed by atoms with Gasteiger partial charge in [-0.15, -0.1) is 0 Å². The molecule has 1 atom stereocenters. The molecule has 1 aromatic heterocycles. The summed E-state index contributed by atoms with van der Waals surface area (Å²) in [6, 6.07) is 8.09. The zero-order valence-electron chi connectivity index (χ0n) is 13.2. The van der Waals surface area contributed by atoms with Crippen LogP contribution in [0.1, 0.15) is 43.0 Å². The van der Waals surface area contributed by atoms with Crippen molar-refractivity contribution in [1.29, 1.82) is 0 Å². The van der Waals surface area contributed by atoms with Crippen molar-refractivity contribution in [2.24, 2.45) is 0 Å². The summed E-state index contributed by atoms with van der Waals surface area (Å²) >= 11 is 0. The molecule has 1 saturated carbocycles. The monoisotopic (exact) mass is 327 g/mol. The highest BCUT2D eigenvalue weighted by Crippen LogP contribution is 2.52. The summed E-state index contributed by atoms with van der Waals surface area (Å²) < 4.78 is 14.2. The number of benzene rings is 1. The highest BCUT2D eigenvalue weighted by molar-refractivity contribution is 5.91. The molecule has 1 amide bonds. The van der Waals surface area contributed by atoms with Crippen LogP contribution in [0.15, 0.2) is 41.3 Å². The van der Waals surface area contributed by atoms with Gasteiger partial charge in [0.15, 0.2) is 0 Å². The number of H-pyrrole nitrogens is 1. The molecular weight excluding hydrogens is 309 g/mol. The van der Waals surface area contributed by atoms with Crippen LogP contribution in [0, 0.1) is 5.82 Å². The molecule has 2 aromatic rings. The Bertz CT molecular complexity index is 844. The van der Waals surface area contributed by atoms with Crippen LogP contribution in [-0.2, 0) is 10.2 Å². The number of carbonyl (C=O) groups excluding carboxylic acids is 1. The van der Waals surface area contributed by atoms with Gasteiger partial charge in [0.2, 0.25) is 5.91 Å². The first-order valence-corrected chi connectivity index (χ1v) is 8.23. The number of hydrogen-bond donors (Lipinski definition) is 1. The van der Waals surface area contributed by atoms with Gasteiger partial charge in [0.1, 0.15) is 5.82 Å². The van der Waals surface area contributed by atoms with Crippen molar-refractivity contribution >= 4 is 5.91 Å². The van der Waals surface area contributed by atoms with Crippen LogP contribution in [0.2, 0.25) is 0 Å². The van der Waals surface area contributed by atoms with Crippen molar-refractivity contribution in [2.45, 2.75) is 37.1 Å². The number of amides is 1. The highest BCUT2D eigenvalue weighted by Gasteiger charge is 2.55. The second-order valence-electron chi connectivity index (χ2n) is 6.55. The van der Waals surface area contributed by atoms with Crippen LogP contribution < -0.4 is 5.69 Å². The van der Waals surface area contributed by atoms with E-state index in [-0.39, 0.29) is 17.8 Å². The van der Waals surface area contributed by atoms with Gasteiger partial charge >= 0.3 is 5.69 Å². The van der Waals surface area contributed by atoms with Crippen LogP contribution >= 0.6 is 0 Å². The van der Waals surface area contributed by atoms with Gasteiger partial charge in [-0.1, -0.05) is 18.2 Å². The summed E-state index contributed by atoms with van der Waals surface area (Å²) in [6.45, 7) is 0.629. The van der Waals surface area contributed by atoms with Crippen molar-refractivity contribution in [1.82, 2.24) is 14.9 Å². The van der Waals surface area contributed by atoms with Gasteiger partial charge in [-0.05, 0) is 37.8 Å². The lowest BCUT2D eigenvalue weighted by Gasteiger charge is -2.29. The number of nitrogens with zero attached hydrogens (tertiary/aromatic N) is 2. The fourth-order valence-electron chi connectivity index (χ4n) is 3.76. The quantitative estimate of drug-likeness (QED) is 0.941. The minimum Gasteiger partial charge on any atom is -0.333 e. The third-order valence-corrected chi connectivity index (χ3v) is 5.12. The molecule has 6 heteroatoms. The number of nitrogens with one attached hydrogen (secondary N) is 1. The number of aromatic nitrogens is 2. The van der Waals surface area contributed by atoms with E-state index in [0.29, 0.717) is 30.6 Å². The highest BCUT2D eigenvalue weighted by atomic mass is 19.1. The lowest BCUT2D eigenvalue weighted by Crippen LogP contribution is -2.39. The number of halogens is 1. The molecule has 1 aliphatic heterocycles. The van der Waals surface area contributed by atoms with E-state index in [1.54, 1.807) is 29.2 Å². The van der Waals surface area contributed by atoms with Gasteiger partial charge in [0.05, 0.1) is 11.5 Å². The molecule has 1 saturated heterocycles. The van der Waals surface area contributed by atoms with Crippen molar-refractivity contribution in [3.63, 3.8) is 0 Å². The van der Waals surface area contributed by atoms with Gasteiger partial charge in [-0.3, -0.25) is 4.79 Å². The van der Waals surface area contributed by atoms with E-state index >= 15 is 0 Å². The molecule has 1 aromatic carbocycles. The molecule has 4 rings (SSSR count). The van der Waals surface area contributed by atoms with Crippen molar-refractivity contribution in [2.75, 3.05) is 6.54 Å². The summed E-state index contributed by atoms with van der Waals surface area (Å²) in [7, 11) is 0. The maximum absolute atomic E-state index is 14.2. The van der Waals surface area contributed by atoms with E-state index in [1.165, 1.54) is 12.3 Å². The summed E-state index contributed by atoms with van der Waals surface area (Å²) in [6.07, 6.45) is 4.46. The van der Waals surface area contributed by atoms with Crippen LogP contribution in [0.4, 0.5) is 4.39 Å². The largest absolute Gasteiger partial charge is 0.345 e. The Balaban J connectivity index is 1.67. The van der Waals surface area contributed by atoms with E-state index < -0.39 is 11.1 Å². The normalized spacial score (nSPS) is 21.7. The zero-order valence-corrected chi connectivity index (χ0v) is 13.2. The summed E-state index contributed by atoms with van der Waals surface area (Å²) in [5.74, 6) is -0.357. The molecule has 1 aliphatic carbocycles. The third-order valence-electron chi connectivity index (χ3n) is 5.12. The maximum Gasteiger partial charge on any atom is 0.345 e. The number of rotatable bonds is 3. The third kappa shape index (κ3) is 2.33. The molecule has 24 heavy (non-hydrogen) atoms. The van der Waals surface area contributed by atoms with Gasteiger partial charge in [-0.2, -0.15) is 0 Å². The predicted octanol–water partition coefficient (Wildman–Crippen LogP) is 2.30. The van der Waals surface area contributed by atoms with Crippen LogP contribution in [0.5, 0.6) is 0 Å². The lowest BCUT2D eigenvalue weighted by atomic mass is 9.93. The van der Waals surface area contributed by atoms with E-state index in [1.807, 2.05) is 0 Å². The number of carbonyl (C=O) groups is 1. The first kappa shape index (κ1) is 15.1. The molecule has 1 N–H and O–H groups in total. The van der Waals surface area contributed by atoms with Crippen molar-refractivity contribution in [3.05, 3.63) is 64.1 Å². The Hall–Kier alpha value is -2.50. The summed E-state index contributed by atoms with van der Waals surface area (Å²) in [5, 5.41) is 0. The van der Waals surface area contributed by atoms with Gasteiger partial charge in [-0.25, -0.2) is 14.2 Å². The maximum atomic E-state index is 14.2. The number of likely N-dealkylation sites (tertiary alicyclic amines) is 1. The Morgan fingerprint density at radius 3 is 2.79 bits per heavy atom. The fourth-order valence-corrected chi connectivity index (χ4v) is 3.76. The first-order chi connectivity index (χ1) is 11.6. The smallest absolute Gasteiger partial charge is 0.333 e. The molecule has 2 aliphatic rings. The molecule has 0 radical (unpaired) electrons. The predicted molar refractivity (Wildman–Crippen MR) is 85.9 cm³/mol. The van der Waals surface area contributed by atoms with E-state index in [4.69, 9.17) is 0 Å². The summed E-state index contributed by atoms with van der Waals surface area (Å²) in [5.41, 5.74) is 0.0393. The molecule has 0 bridgehead atoms. The van der Waals surface area contributed by atoms with Gasteiger partial charge < -0.3 is 9.88 Å². The molecule has 0 unspecified atom stereocenters. The molecule has 5 nitrogen and oxygen atoms in total. The fraction of sp³-hybridized carbons (Fsp3) is 0.389. The first-order valence-electron chi connectivity index (χ1n) is 8.23. The molecule has 2 heterocycles. The standard InChI is InChI=1S/C18H18FN3O2/c19-13-5-2-1-4-12(13)18(8-9-18)16(23)22-11-3-6-15(22)14-7-10-20-17(24)21-14/h1-2,4-5,7,10,15H,3,6,8-9,11H2,(H,20,21,24)/t15-/m0/s1. The molecular formula is C18H18FN3O2. The minimum absolute atomic E-state index is 0.0345. The topological polar surface area (TPSA) is 66.1 Å². The van der Waals surface area contributed by atoms with Crippen LogP contribution in [-0.4, -0.2) is 27.3 Å². The van der Waals surface area contributed by atoms with E-state index in [2.05, 4.69) is 9.97 Å². The Morgan fingerprint density at radius 2 is 2.08 bits per heavy atom. The van der Waals surface area contributed by atoms with Crippen LogP contribution in [0.3, 0.4) is 0 Å². The van der Waals surface area contributed by atoms with Gasteiger partial charge in [0.25, 0.3) is 0 Å². The number of hydrogen-bond acceptors (Lipinski definition) is 3. The minimum atomic E-state index is -0.735. The SMILES string of the molecule is O=C(N1CCC[C@H]1c1ccnc(=O)[nH]1)C1(c2ccccc2F)CC1. The number of aromatic amines is 1. The zero-order chi connectivity index (χ0) is 16.7. The van der Waals surface area contributed by atoms with E-state index in [9.17, 15) is 14.0 Å². The second kappa shape index (κ2) is 5.54. The molecule has 124 valence electrons. The van der Waals surface area contributed by atoms with Crippen molar-refractivity contribution in [3.8, 4) is 0 Å². The Kier molecular flexibility index (Phi) is 3.48. The Labute approximate surface area is 138 Å². The average molecular weight is 327 g/mol. The average Bonchev–Trinajstić information content (AvgIpc) is 3.23. The molecule has 2 fully saturated rings. The van der Waals surface area contributed by atoms with Crippen molar-refractivity contribution < 1.29 is 9.18 Å². The van der Waals surface area contributed by atoms with E-state index in [0.717, 1.165) is 12.8 Å². The molecule has 0 spiro atoms. The van der Waals surface area contributed by atoms with Crippen LogP contribution in [0.25, 0.3) is 0 Å². The Morgan fingerprint density at radius 1 is 1.29 bits per heavy atom.